The van der Waals surface area contributed by atoms with Crippen LogP contribution in [0.3, 0.4) is 0 Å². The van der Waals surface area contributed by atoms with Gasteiger partial charge in [0, 0.05) is 35.0 Å². The van der Waals surface area contributed by atoms with Crippen LogP contribution < -0.4 is 5.32 Å². The van der Waals surface area contributed by atoms with Crippen molar-refractivity contribution in [3.63, 3.8) is 0 Å². The molecule has 0 saturated carbocycles. The Hall–Kier alpha value is -2.80. The van der Waals surface area contributed by atoms with Gasteiger partial charge in [-0.25, -0.2) is 9.59 Å². The van der Waals surface area contributed by atoms with Crippen LogP contribution in [0, 0.1) is 5.41 Å². The Bertz CT molecular complexity index is 1090. The largest absolute Gasteiger partial charge is 0.508 e. The lowest BCUT2D eigenvalue weighted by molar-refractivity contribution is -0.158. The molecule has 3 heterocycles. The predicted molar refractivity (Wildman–Crippen MR) is 124 cm³/mol. The monoisotopic (exact) mass is 452 g/mol. The van der Waals surface area contributed by atoms with Gasteiger partial charge in [-0.1, -0.05) is 11.6 Å². The Labute approximate surface area is 194 Å². The highest BCUT2D eigenvalue weighted by Gasteiger charge is 2.68. The number of nitrogens with zero attached hydrogens (tertiary/aromatic N) is 1. The van der Waals surface area contributed by atoms with Crippen LogP contribution in [-0.4, -0.2) is 54.3 Å². The van der Waals surface area contributed by atoms with Crippen molar-refractivity contribution in [1.82, 2.24) is 4.90 Å². The van der Waals surface area contributed by atoms with Crippen molar-refractivity contribution < 1.29 is 24.2 Å². The van der Waals surface area contributed by atoms with E-state index < -0.39 is 10.8 Å². The number of hydrogen-bond donors (Lipinski definition) is 2. The molecule has 3 aliphatic heterocycles. The zero-order valence-electron chi connectivity index (χ0n) is 19.7. The molecule has 176 valence electrons. The molecule has 7 heteroatoms. The van der Waals surface area contributed by atoms with Gasteiger partial charge in [0.25, 0.3) is 0 Å². The van der Waals surface area contributed by atoms with Crippen LogP contribution in [0.5, 0.6) is 5.75 Å². The normalized spacial score (nSPS) is 30.5. The minimum absolute atomic E-state index is 0.0787. The molecule has 0 unspecified atom stereocenters. The van der Waals surface area contributed by atoms with Crippen molar-refractivity contribution in [3.05, 3.63) is 46.7 Å². The first kappa shape index (κ1) is 22.0. The van der Waals surface area contributed by atoms with Gasteiger partial charge in [0.15, 0.2) is 0 Å². The quantitative estimate of drug-likeness (QED) is 0.533. The van der Waals surface area contributed by atoms with E-state index >= 15 is 0 Å². The van der Waals surface area contributed by atoms with Gasteiger partial charge in [-0.15, -0.1) is 0 Å². The Balaban J connectivity index is 1.70. The van der Waals surface area contributed by atoms with Crippen molar-refractivity contribution in [2.75, 3.05) is 25.5 Å². The van der Waals surface area contributed by atoms with Crippen LogP contribution in [-0.2, 0) is 24.5 Å². The number of carbonyl (C=O) groups excluding carboxylic acids is 2. The topological polar surface area (TPSA) is 88.1 Å². The standard InChI is InChI=1S/C26H32N2O5/c1-15(2)12-21(30)33-16(3)25-8-5-10-28-11-9-26(24(25)28)19-7-6-17(29)13-20(19)27-22(26)18(14-25)23(31)32-4/h6-7,12-13,16,24,27,29H,5,8-11,14H2,1-4H3/t16-,24-,25-,26-/m0/s1. The van der Waals surface area contributed by atoms with E-state index in [0.717, 1.165) is 54.9 Å². The van der Waals surface area contributed by atoms with E-state index in [0.29, 0.717) is 12.0 Å². The van der Waals surface area contributed by atoms with E-state index in [1.807, 2.05) is 26.8 Å². The van der Waals surface area contributed by atoms with Crippen molar-refractivity contribution in [2.24, 2.45) is 5.41 Å². The zero-order chi connectivity index (χ0) is 23.5. The average molecular weight is 453 g/mol. The summed E-state index contributed by atoms with van der Waals surface area (Å²) < 4.78 is 11.3. The lowest BCUT2D eigenvalue weighted by Gasteiger charge is -2.57. The molecule has 7 nitrogen and oxygen atoms in total. The van der Waals surface area contributed by atoms with E-state index in [2.05, 4.69) is 10.2 Å². The fourth-order valence-corrected chi connectivity index (χ4v) is 7.07. The van der Waals surface area contributed by atoms with Gasteiger partial charge in [0.05, 0.1) is 18.1 Å². The molecule has 4 atom stereocenters. The minimum Gasteiger partial charge on any atom is -0.508 e. The first-order chi connectivity index (χ1) is 15.7. The number of piperidine rings is 1. The molecule has 0 bridgehead atoms. The first-order valence-electron chi connectivity index (χ1n) is 11.7. The molecule has 1 aliphatic carbocycles. The Morgan fingerprint density at radius 2 is 2.06 bits per heavy atom. The third-order valence-electron chi connectivity index (χ3n) is 8.20. The second-order valence-corrected chi connectivity index (χ2v) is 10.2. The van der Waals surface area contributed by atoms with Gasteiger partial charge in [0.1, 0.15) is 11.9 Å². The first-order valence-corrected chi connectivity index (χ1v) is 11.7. The molecule has 1 spiro atoms. The summed E-state index contributed by atoms with van der Waals surface area (Å²) in [5.74, 6) is -0.505. The second-order valence-electron chi connectivity index (χ2n) is 10.2. The van der Waals surface area contributed by atoms with Crippen LogP contribution in [0.2, 0.25) is 0 Å². The van der Waals surface area contributed by atoms with Crippen molar-refractivity contribution in [1.29, 1.82) is 0 Å². The molecule has 0 amide bonds. The molecule has 5 rings (SSSR count). The number of anilines is 1. The summed E-state index contributed by atoms with van der Waals surface area (Å²) in [5, 5.41) is 13.6. The van der Waals surface area contributed by atoms with Crippen LogP contribution in [0.1, 0.15) is 52.0 Å². The summed E-state index contributed by atoms with van der Waals surface area (Å²) in [5.41, 5.74) is 3.49. The lowest BCUT2D eigenvalue weighted by atomic mass is 9.53. The number of phenols is 1. The fraction of sp³-hybridized carbons (Fsp3) is 0.538. The highest BCUT2D eigenvalue weighted by atomic mass is 16.5. The third kappa shape index (κ3) is 3.05. The Kier molecular flexibility index (Phi) is 5.08. The maximum atomic E-state index is 13.1. The second kappa shape index (κ2) is 7.62. The number of hydrogen-bond acceptors (Lipinski definition) is 7. The lowest BCUT2D eigenvalue weighted by Crippen LogP contribution is -2.64. The number of phenolic OH excluding ortho intramolecular Hbond substituents is 1. The summed E-state index contributed by atoms with van der Waals surface area (Å²) in [6.45, 7) is 7.62. The molecular weight excluding hydrogens is 420 g/mol. The number of allylic oxidation sites excluding steroid dienone is 1. The fourth-order valence-electron chi connectivity index (χ4n) is 7.07. The third-order valence-corrected chi connectivity index (χ3v) is 8.20. The van der Waals surface area contributed by atoms with Gasteiger partial charge < -0.3 is 19.9 Å². The number of rotatable bonds is 4. The molecule has 33 heavy (non-hydrogen) atoms. The number of nitrogens with one attached hydrogen (secondary N) is 1. The van der Waals surface area contributed by atoms with Crippen molar-refractivity contribution in [2.45, 2.75) is 64.0 Å². The van der Waals surface area contributed by atoms with Crippen LogP contribution >= 0.6 is 0 Å². The Morgan fingerprint density at radius 3 is 2.79 bits per heavy atom. The number of esters is 2. The highest BCUT2D eigenvalue weighted by Crippen LogP contribution is 2.65. The number of benzene rings is 1. The summed E-state index contributed by atoms with van der Waals surface area (Å²) >= 11 is 0. The maximum absolute atomic E-state index is 13.1. The summed E-state index contributed by atoms with van der Waals surface area (Å²) in [6, 6.07) is 5.51. The molecule has 4 aliphatic rings. The summed E-state index contributed by atoms with van der Waals surface area (Å²) in [4.78, 5) is 28.3. The number of methoxy groups -OCH3 is 1. The van der Waals surface area contributed by atoms with Gasteiger partial charge in [-0.05, 0) is 71.2 Å². The molecule has 1 aromatic carbocycles. The molecule has 0 radical (unpaired) electrons. The molecule has 2 fully saturated rings. The van der Waals surface area contributed by atoms with E-state index in [1.54, 1.807) is 12.1 Å². The smallest absolute Gasteiger partial charge is 0.335 e. The average Bonchev–Trinajstić information content (AvgIpc) is 3.31. The molecule has 2 saturated heterocycles. The van der Waals surface area contributed by atoms with E-state index in [4.69, 9.17) is 9.47 Å². The van der Waals surface area contributed by atoms with Crippen LogP contribution in [0.15, 0.2) is 41.1 Å². The number of fused-ring (bicyclic) bond motifs is 1. The highest BCUT2D eigenvalue weighted by molar-refractivity contribution is 5.93. The molecule has 1 aromatic rings. The zero-order valence-corrected chi connectivity index (χ0v) is 19.7. The Morgan fingerprint density at radius 1 is 1.27 bits per heavy atom. The van der Waals surface area contributed by atoms with E-state index in [9.17, 15) is 14.7 Å². The summed E-state index contributed by atoms with van der Waals surface area (Å²) in [7, 11) is 1.41. The molecule has 2 N–H and O–H groups in total. The predicted octanol–water partition coefficient (Wildman–Crippen LogP) is 3.64. The summed E-state index contributed by atoms with van der Waals surface area (Å²) in [6.07, 6.45) is 4.32. The van der Waals surface area contributed by atoms with Gasteiger partial charge in [-0.3, -0.25) is 4.90 Å². The molecule has 0 aromatic heterocycles. The SMILES string of the molecule is COC(=O)C1=C2Nc3cc(O)ccc3[C@@]23CCN2CCC[C@@]([C@H](C)OC(=O)C=C(C)C)(C1)[C@H]23. The minimum atomic E-state index is -0.428. The number of carbonyl (C=O) groups is 2. The van der Waals surface area contributed by atoms with Crippen LogP contribution in [0.4, 0.5) is 5.69 Å². The van der Waals surface area contributed by atoms with Crippen LogP contribution in [0.25, 0.3) is 0 Å². The van der Waals surface area contributed by atoms with Gasteiger partial charge in [0.2, 0.25) is 0 Å². The van der Waals surface area contributed by atoms with E-state index in [1.165, 1.54) is 13.2 Å². The number of aromatic hydroxyl groups is 1. The van der Waals surface area contributed by atoms with Crippen molar-refractivity contribution >= 4 is 17.6 Å². The van der Waals surface area contributed by atoms with Gasteiger partial charge >= 0.3 is 11.9 Å². The number of ether oxygens (including phenoxy) is 2. The van der Waals surface area contributed by atoms with E-state index in [-0.39, 0.29) is 29.8 Å². The maximum Gasteiger partial charge on any atom is 0.335 e. The van der Waals surface area contributed by atoms with Crippen molar-refractivity contribution in [3.8, 4) is 5.75 Å². The van der Waals surface area contributed by atoms with Gasteiger partial charge in [-0.2, -0.15) is 0 Å². The molecular formula is C26H32N2O5.